The molecule has 0 amide bonds. The maximum absolute atomic E-state index is 5.70. The molecule has 80 valence electrons. The molecule has 3 nitrogen and oxygen atoms in total. The highest BCUT2D eigenvalue weighted by Gasteiger charge is 2.19. The fourth-order valence-corrected chi connectivity index (χ4v) is 1.75. The Labute approximate surface area is 93.5 Å². The molecule has 3 heteroatoms. The van der Waals surface area contributed by atoms with E-state index in [1.165, 1.54) is 0 Å². The second-order valence-electron chi connectivity index (χ2n) is 4.48. The van der Waals surface area contributed by atoms with Gasteiger partial charge in [-0.25, -0.2) is 0 Å². The fraction of sp³-hybridized carbons (Fsp3) is 0.231. The summed E-state index contributed by atoms with van der Waals surface area (Å²) in [5.74, 6) is 0.739. The van der Waals surface area contributed by atoms with Crippen LogP contribution in [0.5, 0.6) is 0 Å². The van der Waals surface area contributed by atoms with E-state index >= 15 is 0 Å². The van der Waals surface area contributed by atoms with Crippen molar-refractivity contribution in [3.8, 4) is 0 Å². The van der Waals surface area contributed by atoms with Gasteiger partial charge in [-0.2, -0.15) is 0 Å². The molecule has 0 fully saturated rings. The third-order valence-electron chi connectivity index (χ3n) is 2.62. The summed E-state index contributed by atoms with van der Waals surface area (Å²) in [6.07, 6.45) is 3.62. The average Bonchev–Trinajstić information content (AvgIpc) is 2.54. The highest BCUT2D eigenvalue weighted by atomic mass is 16.3. The molecule has 0 N–H and O–H groups in total. The van der Waals surface area contributed by atoms with Gasteiger partial charge >= 0.3 is 0 Å². The van der Waals surface area contributed by atoms with E-state index < -0.39 is 0 Å². The zero-order valence-corrected chi connectivity index (χ0v) is 9.27. The van der Waals surface area contributed by atoms with E-state index in [9.17, 15) is 0 Å². The summed E-state index contributed by atoms with van der Waals surface area (Å²) < 4.78 is 5.70. The van der Waals surface area contributed by atoms with Crippen molar-refractivity contribution in [2.24, 2.45) is 9.98 Å². The molecule has 16 heavy (non-hydrogen) atoms. The molecule has 0 bridgehead atoms. The summed E-state index contributed by atoms with van der Waals surface area (Å²) in [7, 11) is 0. The highest BCUT2D eigenvalue weighted by molar-refractivity contribution is 6.02. The Morgan fingerprint density at radius 3 is 2.88 bits per heavy atom. The normalized spacial score (nSPS) is 17.4. The maximum Gasteiger partial charge on any atom is 0.171 e. The van der Waals surface area contributed by atoms with Crippen LogP contribution >= 0.6 is 0 Å². The van der Waals surface area contributed by atoms with Crippen LogP contribution in [0.25, 0.3) is 11.0 Å². The van der Waals surface area contributed by atoms with Crippen molar-refractivity contribution in [3.05, 3.63) is 30.0 Å². The van der Waals surface area contributed by atoms with Gasteiger partial charge in [0.25, 0.3) is 0 Å². The molecular weight excluding hydrogens is 200 g/mol. The van der Waals surface area contributed by atoms with Crippen LogP contribution in [-0.2, 0) is 0 Å². The Bertz CT molecular complexity index is 605. The van der Waals surface area contributed by atoms with E-state index in [0.717, 1.165) is 22.4 Å². The van der Waals surface area contributed by atoms with E-state index in [0.29, 0.717) is 0 Å². The molecule has 0 atom stereocenters. The molecule has 3 rings (SSSR count). The number of nitrogens with zero attached hydrogens (tertiary/aromatic N) is 2. The van der Waals surface area contributed by atoms with E-state index in [2.05, 4.69) is 9.98 Å². The number of hydrogen-bond donors (Lipinski definition) is 0. The first-order chi connectivity index (χ1) is 7.66. The number of benzene rings is 1. The van der Waals surface area contributed by atoms with Gasteiger partial charge in [-0.1, -0.05) is 12.1 Å². The van der Waals surface area contributed by atoms with E-state index in [1.54, 1.807) is 6.21 Å². The molecule has 0 saturated carbocycles. The van der Waals surface area contributed by atoms with Gasteiger partial charge in [0.05, 0.1) is 11.8 Å². The van der Waals surface area contributed by atoms with Gasteiger partial charge in [-0.05, 0) is 26.0 Å². The zero-order chi connectivity index (χ0) is 11.2. The van der Waals surface area contributed by atoms with Crippen molar-refractivity contribution in [2.75, 3.05) is 0 Å². The van der Waals surface area contributed by atoms with Gasteiger partial charge in [0.15, 0.2) is 5.76 Å². The number of rotatable bonds is 0. The minimum atomic E-state index is -0.261. The summed E-state index contributed by atoms with van der Waals surface area (Å²) >= 11 is 0. The number of aliphatic imine (C=N–C) groups is 2. The molecule has 0 aliphatic carbocycles. The lowest BCUT2D eigenvalue weighted by molar-refractivity contribution is 0.607. The molecule has 0 saturated heterocycles. The predicted octanol–water partition coefficient (Wildman–Crippen LogP) is 3.35. The van der Waals surface area contributed by atoms with E-state index in [4.69, 9.17) is 4.42 Å². The number of para-hydroxylation sites is 1. The molecule has 2 heterocycles. The fourth-order valence-electron chi connectivity index (χ4n) is 1.75. The Morgan fingerprint density at radius 2 is 2.00 bits per heavy atom. The summed E-state index contributed by atoms with van der Waals surface area (Å²) in [5.41, 5.74) is 1.48. The SMILES string of the molecule is CC1(C)C=Nc2c(oc3ccccc23)C=N1. The lowest BCUT2D eigenvalue weighted by atomic mass is 10.1. The minimum absolute atomic E-state index is 0.261. The summed E-state index contributed by atoms with van der Waals surface area (Å²) in [6, 6.07) is 7.90. The Kier molecular flexibility index (Phi) is 1.78. The van der Waals surface area contributed by atoms with Gasteiger partial charge in [0.1, 0.15) is 11.3 Å². The van der Waals surface area contributed by atoms with Crippen molar-refractivity contribution in [2.45, 2.75) is 19.4 Å². The molecule has 0 unspecified atom stereocenters. The molecule has 1 aromatic heterocycles. The quantitative estimate of drug-likeness (QED) is 0.659. The van der Waals surface area contributed by atoms with Crippen LogP contribution in [0.15, 0.2) is 38.7 Å². The van der Waals surface area contributed by atoms with Crippen LogP contribution in [-0.4, -0.2) is 18.0 Å². The average molecular weight is 212 g/mol. The monoisotopic (exact) mass is 212 g/mol. The second-order valence-corrected chi connectivity index (χ2v) is 4.48. The summed E-state index contributed by atoms with van der Waals surface area (Å²) in [6.45, 7) is 4.03. The van der Waals surface area contributed by atoms with Gasteiger partial charge in [-0.3, -0.25) is 9.98 Å². The molecule has 1 aromatic carbocycles. The van der Waals surface area contributed by atoms with Crippen molar-refractivity contribution in [3.63, 3.8) is 0 Å². The minimum Gasteiger partial charge on any atom is -0.453 e. The van der Waals surface area contributed by atoms with Crippen LogP contribution in [0, 0.1) is 0 Å². The van der Waals surface area contributed by atoms with Crippen LogP contribution in [0.3, 0.4) is 0 Å². The molecule has 2 aromatic rings. The van der Waals surface area contributed by atoms with Crippen LogP contribution < -0.4 is 0 Å². The largest absolute Gasteiger partial charge is 0.453 e. The smallest absolute Gasteiger partial charge is 0.171 e. The third-order valence-corrected chi connectivity index (χ3v) is 2.62. The topological polar surface area (TPSA) is 37.9 Å². The Morgan fingerprint density at radius 1 is 1.19 bits per heavy atom. The molecule has 0 spiro atoms. The maximum atomic E-state index is 5.70. The first kappa shape index (κ1) is 9.33. The molecule has 1 aliphatic heterocycles. The van der Waals surface area contributed by atoms with Crippen molar-refractivity contribution >= 4 is 29.1 Å². The van der Waals surface area contributed by atoms with Crippen molar-refractivity contribution < 1.29 is 4.42 Å². The lowest BCUT2D eigenvalue weighted by Gasteiger charge is -2.10. The number of hydrogen-bond acceptors (Lipinski definition) is 3. The molecular formula is C13H12N2O. The number of fused-ring (bicyclic) bond motifs is 3. The Hall–Kier alpha value is -1.90. The van der Waals surface area contributed by atoms with Gasteiger partial charge < -0.3 is 4.42 Å². The van der Waals surface area contributed by atoms with Gasteiger partial charge in [0.2, 0.25) is 0 Å². The molecule has 0 radical (unpaired) electrons. The first-order valence-corrected chi connectivity index (χ1v) is 5.28. The number of furan rings is 1. The van der Waals surface area contributed by atoms with Crippen LogP contribution in [0.4, 0.5) is 5.69 Å². The van der Waals surface area contributed by atoms with Gasteiger partial charge in [-0.15, -0.1) is 0 Å². The summed E-state index contributed by atoms with van der Waals surface area (Å²) in [4.78, 5) is 8.91. The second kappa shape index (κ2) is 3.04. The predicted molar refractivity (Wildman–Crippen MR) is 66.0 cm³/mol. The lowest BCUT2D eigenvalue weighted by Crippen LogP contribution is -2.17. The van der Waals surface area contributed by atoms with Crippen LogP contribution in [0.2, 0.25) is 0 Å². The summed E-state index contributed by atoms with van der Waals surface area (Å²) in [5, 5.41) is 1.04. The first-order valence-electron chi connectivity index (χ1n) is 5.28. The van der Waals surface area contributed by atoms with Crippen molar-refractivity contribution in [1.29, 1.82) is 0 Å². The van der Waals surface area contributed by atoms with E-state index in [-0.39, 0.29) is 5.54 Å². The van der Waals surface area contributed by atoms with E-state index in [1.807, 2.05) is 44.3 Å². The zero-order valence-electron chi connectivity index (χ0n) is 9.27. The Balaban J connectivity index is 2.30. The van der Waals surface area contributed by atoms with Gasteiger partial charge in [0, 0.05) is 11.6 Å². The van der Waals surface area contributed by atoms with Crippen molar-refractivity contribution in [1.82, 2.24) is 0 Å². The molecule has 1 aliphatic rings. The highest BCUT2D eigenvalue weighted by Crippen LogP contribution is 2.33. The standard InChI is InChI=1S/C13H12N2O/c1-13(2)8-14-12-9-5-3-4-6-10(9)16-11(12)7-15-13/h3-8H,1-2H3. The van der Waals surface area contributed by atoms with Crippen LogP contribution in [0.1, 0.15) is 19.6 Å². The third kappa shape index (κ3) is 1.36.